The second-order valence-corrected chi connectivity index (χ2v) is 3.95. The van der Waals surface area contributed by atoms with Crippen molar-refractivity contribution in [3.05, 3.63) is 0 Å². The van der Waals surface area contributed by atoms with E-state index in [9.17, 15) is 14.4 Å². The molecule has 6 heteroatoms. The highest BCUT2D eigenvalue weighted by atomic mass is 16.5. The second kappa shape index (κ2) is 6.88. The van der Waals surface area contributed by atoms with E-state index in [4.69, 9.17) is 0 Å². The first kappa shape index (κ1) is 13.5. The van der Waals surface area contributed by atoms with E-state index in [-0.39, 0.29) is 24.3 Å². The summed E-state index contributed by atoms with van der Waals surface area (Å²) >= 11 is 0. The van der Waals surface area contributed by atoms with Gasteiger partial charge in [-0.2, -0.15) is 0 Å². The lowest BCUT2D eigenvalue weighted by molar-refractivity contribution is -0.140. The molecule has 0 aromatic carbocycles. The molecule has 0 unspecified atom stereocenters. The molecule has 0 bridgehead atoms. The molecule has 0 aliphatic carbocycles. The van der Waals surface area contributed by atoms with E-state index < -0.39 is 0 Å². The molecule has 0 aromatic heterocycles. The summed E-state index contributed by atoms with van der Waals surface area (Å²) in [5.74, 6) is -0.422. The molecule has 0 aromatic rings. The fourth-order valence-electron chi connectivity index (χ4n) is 1.66. The Labute approximate surface area is 100 Å². The molecule has 0 radical (unpaired) electrons. The minimum Gasteiger partial charge on any atom is -0.469 e. The Morgan fingerprint density at radius 1 is 1.47 bits per heavy atom. The van der Waals surface area contributed by atoms with Gasteiger partial charge in [0.2, 0.25) is 11.8 Å². The van der Waals surface area contributed by atoms with Gasteiger partial charge in [0.1, 0.15) is 0 Å². The van der Waals surface area contributed by atoms with Gasteiger partial charge in [-0.1, -0.05) is 0 Å². The zero-order chi connectivity index (χ0) is 12.7. The SMILES string of the molecule is COC(=O)CCCNC(=O)CN1CCCC1=O. The molecule has 1 N–H and O–H groups in total. The fourth-order valence-corrected chi connectivity index (χ4v) is 1.66. The van der Waals surface area contributed by atoms with E-state index in [2.05, 4.69) is 10.1 Å². The molecule has 1 fully saturated rings. The quantitative estimate of drug-likeness (QED) is 0.511. The summed E-state index contributed by atoms with van der Waals surface area (Å²) in [5, 5.41) is 2.67. The van der Waals surface area contributed by atoms with Crippen molar-refractivity contribution in [2.45, 2.75) is 25.7 Å². The topological polar surface area (TPSA) is 75.7 Å². The van der Waals surface area contributed by atoms with Crippen molar-refractivity contribution in [2.75, 3.05) is 26.7 Å². The molecule has 2 amide bonds. The zero-order valence-corrected chi connectivity index (χ0v) is 10.0. The summed E-state index contributed by atoms with van der Waals surface area (Å²) < 4.78 is 4.47. The monoisotopic (exact) mass is 242 g/mol. The summed E-state index contributed by atoms with van der Waals surface area (Å²) in [6.45, 7) is 1.21. The maximum Gasteiger partial charge on any atom is 0.305 e. The van der Waals surface area contributed by atoms with Gasteiger partial charge in [-0.25, -0.2) is 0 Å². The lowest BCUT2D eigenvalue weighted by Crippen LogP contribution is -2.38. The third-order valence-corrected chi connectivity index (χ3v) is 2.61. The Kier molecular flexibility index (Phi) is 5.45. The number of ether oxygens (including phenoxy) is 1. The van der Waals surface area contributed by atoms with Gasteiger partial charge in [0.15, 0.2) is 0 Å². The summed E-state index contributed by atoms with van der Waals surface area (Å²) in [6, 6.07) is 0. The van der Waals surface area contributed by atoms with Crippen LogP contribution in [0.2, 0.25) is 0 Å². The van der Waals surface area contributed by atoms with Crippen LogP contribution < -0.4 is 5.32 Å². The van der Waals surface area contributed by atoms with Crippen LogP contribution in [0.25, 0.3) is 0 Å². The Balaban J connectivity index is 2.09. The van der Waals surface area contributed by atoms with Crippen LogP contribution in [0.5, 0.6) is 0 Å². The van der Waals surface area contributed by atoms with Crippen LogP contribution >= 0.6 is 0 Å². The highest BCUT2D eigenvalue weighted by Crippen LogP contribution is 2.08. The van der Waals surface area contributed by atoms with E-state index >= 15 is 0 Å². The first-order chi connectivity index (χ1) is 8.13. The third kappa shape index (κ3) is 4.84. The fraction of sp³-hybridized carbons (Fsp3) is 0.727. The van der Waals surface area contributed by atoms with Crippen LogP contribution in [0, 0.1) is 0 Å². The number of hydrogen-bond acceptors (Lipinski definition) is 4. The highest BCUT2D eigenvalue weighted by molar-refractivity contribution is 5.85. The lowest BCUT2D eigenvalue weighted by atomic mass is 10.3. The number of amides is 2. The smallest absolute Gasteiger partial charge is 0.305 e. The van der Waals surface area contributed by atoms with Crippen LogP contribution in [-0.2, 0) is 19.1 Å². The summed E-state index contributed by atoms with van der Waals surface area (Å²) in [5.41, 5.74) is 0. The number of esters is 1. The number of nitrogens with one attached hydrogen (secondary N) is 1. The summed E-state index contributed by atoms with van der Waals surface area (Å²) in [6.07, 6.45) is 2.20. The van der Waals surface area contributed by atoms with Gasteiger partial charge < -0.3 is 15.0 Å². The minimum atomic E-state index is -0.283. The highest BCUT2D eigenvalue weighted by Gasteiger charge is 2.21. The predicted octanol–water partition coefficient (Wildman–Crippen LogP) is -0.322. The number of hydrogen-bond donors (Lipinski definition) is 1. The van der Waals surface area contributed by atoms with Crippen LogP contribution in [-0.4, -0.2) is 49.4 Å². The molecule has 0 spiro atoms. The molecular formula is C11H18N2O4. The van der Waals surface area contributed by atoms with E-state index in [0.29, 0.717) is 32.4 Å². The van der Waals surface area contributed by atoms with Crippen molar-refractivity contribution < 1.29 is 19.1 Å². The van der Waals surface area contributed by atoms with Crippen molar-refractivity contribution in [1.29, 1.82) is 0 Å². The maximum absolute atomic E-state index is 11.4. The largest absolute Gasteiger partial charge is 0.469 e. The molecule has 96 valence electrons. The van der Waals surface area contributed by atoms with Gasteiger partial charge in [-0.15, -0.1) is 0 Å². The average Bonchev–Trinajstić information content (AvgIpc) is 2.70. The molecule has 17 heavy (non-hydrogen) atoms. The molecule has 1 aliphatic heterocycles. The molecule has 0 saturated carbocycles. The normalized spacial score (nSPS) is 14.9. The number of methoxy groups -OCH3 is 1. The first-order valence-electron chi connectivity index (χ1n) is 5.75. The van der Waals surface area contributed by atoms with Crippen molar-refractivity contribution in [1.82, 2.24) is 10.2 Å². The van der Waals surface area contributed by atoms with Gasteiger partial charge in [-0.3, -0.25) is 14.4 Å². The number of carbonyl (C=O) groups is 3. The van der Waals surface area contributed by atoms with Crippen LogP contribution in [0.1, 0.15) is 25.7 Å². The minimum absolute atomic E-state index is 0.0368. The molecule has 1 rings (SSSR count). The van der Waals surface area contributed by atoms with Crippen molar-refractivity contribution >= 4 is 17.8 Å². The Morgan fingerprint density at radius 2 is 2.24 bits per heavy atom. The van der Waals surface area contributed by atoms with Gasteiger partial charge in [-0.05, 0) is 12.8 Å². The molecular weight excluding hydrogens is 224 g/mol. The van der Waals surface area contributed by atoms with E-state index in [1.807, 2.05) is 0 Å². The first-order valence-corrected chi connectivity index (χ1v) is 5.75. The lowest BCUT2D eigenvalue weighted by Gasteiger charge is -2.14. The van der Waals surface area contributed by atoms with Crippen molar-refractivity contribution in [3.8, 4) is 0 Å². The Hall–Kier alpha value is -1.59. The number of likely N-dealkylation sites (tertiary alicyclic amines) is 1. The van der Waals surface area contributed by atoms with Crippen LogP contribution in [0.15, 0.2) is 0 Å². The van der Waals surface area contributed by atoms with Crippen LogP contribution in [0.4, 0.5) is 0 Å². The van der Waals surface area contributed by atoms with Crippen molar-refractivity contribution in [2.24, 2.45) is 0 Å². The van der Waals surface area contributed by atoms with Crippen molar-refractivity contribution in [3.63, 3.8) is 0 Å². The molecule has 1 heterocycles. The summed E-state index contributed by atoms with van der Waals surface area (Å²) in [4.78, 5) is 35.0. The van der Waals surface area contributed by atoms with E-state index in [1.165, 1.54) is 7.11 Å². The summed E-state index contributed by atoms with van der Waals surface area (Å²) in [7, 11) is 1.33. The predicted molar refractivity (Wildman–Crippen MR) is 60.1 cm³/mol. The molecule has 1 saturated heterocycles. The van der Waals surface area contributed by atoms with E-state index in [1.54, 1.807) is 4.90 Å². The van der Waals surface area contributed by atoms with Gasteiger partial charge in [0.05, 0.1) is 13.7 Å². The van der Waals surface area contributed by atoms with E-state index in [0.717, 1.165) is 6.42 Å². The Bertz CT molecular complexity index is 304. The van der Waals surface area contributed by atoms with Gasteiger partial charge >= 0.3 is 5.97 Å². The number of rotatable bonds is 6. The Morgan fingerprint density at radius 3 is 2.82 bits per heavy atom. The second-order valence-electron chi connectivity index (χ2n) is 3.95. The van der Waals surface area contributed by atoms with Crippen LogP contribution in [0.3, 0.4) is 0 Å². The zero-order valence-electron chi connectivity index (χ0n) is 10.0. The molecule has 6 nitrogen and oxygen atoms in total. The van der Waals surface area contributed by atoms with Gasteiger partial charge in [0, 0.05) is 25.9 Å². The number of carbonyl (C=O) groups excluding carboxylic acids is 3. The third-order valence-electron chi connectivity index (χ3n) is 2.61. The van der Waals surface area contributed by atoms with Gasteiger partial charge in [0.25, 0.3) is 0 Å². The average molecular weight is 242 g/mol. The molecule has 0 atom stereocenters. The maximum atomic E-state index is 11.4. The molecule has 1 aliphatic rings. The standard InChI is InChI=1S/C11H18N2O4/c1-17-11(16)5-2-6-12-9(14)8-13-7-3-4-10(13)15/h2-8H2,1H3,(H,12,14). The number of nitrogens with zero attached hydrogens (tertiary/aromatic N) is 1.